The fourth-order valence-corrected chi connectivity index (χ4v) is 2.69. The lowest BCUT2D eigenvalue weighted by Gasteiger charge is -2.25. The van der Waals surface area contributed by atoms with Crippen molar-refractivity contribution in [3.05, 3.63) is 35.9 Å². The molecule has 0 radical (unpaired) electrons. The van der Waals surface area contributed by atoms with Crippen molar-refractivity contribution in [3.8, 4) is 6.07 Å². The average Bonchev–Trinajstić information content (AvgIpc) is 2.69. The first kappa shape index (κ1) is 24.0. The minimum Gasteiger partial charge on any atom is -0.467 e. The smallest absolute Gasteiger partial charge is 0.408 e. The number of ether oxygens (including phenoxy) is 2. The van der Waals surface area contributed by atoms with Gasteiger partial charge in [0.25, 0.3) is 0 Å². The summed E-state index contributed by atoms with van der Waals surface area (Å²) in [7, 11) is 1.21. The Bertz CT molecular complexity index is 715. The number of carbonyl (C=O) groups is 3. The van der Waals surface area contributed by atoms with Gasteiger partial charge in [0.1, 0.15) is 18.7 Å². The highest BCUT2D eigenvalue weighted by Gasteiger charge is 2.31. The number of carbonyl (C=O) groups excluding carboxylic acids is 3. The summed E-state index contributed by atoms with van der Waals surface area (Å²) < 4.78 is 9.92. The standard InChI is InChI=1S/C21H29N3O5/c1-14(2)12-17(23-21(27)29-13-16-8-6-5-7-9-16)19(25)24-18(20(26)28-4)15(3)10-11-22/h5-9,14-15,17-18H,10,12-13H2,1-4H3,(H,23,27)(H,24,25)/t15-,17+,18-/m1/s1. The lowest BCUT2D eigenvalue weighted by atomic mass is 9.97. The highest BCUT2D eigenvalue weighted by Crippen LogP contribution is 2.12. The van der Waals surface area contributed by atoms with Gasteiger partial charge < -0.3 is 20.1 Å². The summed E-state index contributed by atoms with van der Waals surface area (Å²) in [6.45, 7) is 5.57. The fourth-order valence-electron chi connectivity index (χ4n) is 2.69. The Balaban J connectivity index is 2.78. The quantitative estimate of drug-likeness (QED) is 0.580. The molecule has 158 valence electrons. The van der Waals surface area contributed by atoms with E-state index in [1.807, 2.05) is 50.2 Å². The number of nitrogens with zero attached hydrogens (tertiary/aromatic N) is 1. The topological polar surface area (TPSA) is 118 Å². The molecule has 0 aliphatic heterocycles. The predicted molar refractivity (Wildman–Crippen MR) is 106 cm³/mol. The van der Waals surface area contributed by atoms with Crippen LogP contribution in [0.25, 0.3) is 0 Å². The third-order valence-corrected chi connectivity index (χ3v) is 4.26. The van der Waals surface area contributed by atoms with Crippen LogP contribution in [0.15, 0.2) is 30.3 Å². The van der Waals surface area contributed by atoms with Gasteiger partial charge in [-0.3, -0.25) is 4.79 Å². The van der Waals surface area contributed by atoms with Crippen LogP contribution in [0.2, 0.25) is 0 Å². The minimum absolute atomic E-state index is 0.0709. The van der Waals surface area contributed by atoms with Crippen molar-refractivity contribution in [2.75, 3.05) is 7.11 Å². The molecule has 0 aliphatic rings. The molecule has 0 aromatic heterocycles. The predicted octanol–water partition coefficient (Wildman–Crippen LogP) is 2.54. The third-order valence-electron chi connectivity index (χ3n) is 4.26. The van der Waals surface area contributed by atoms with E-state index in [1.165, 1.54) is 7.11 Å². The number of hydrogen-bond donors (Lipinski definition) is 2. The first-order valence-corrected chi connectivity index (χ1v) is 9.50. The van der Waals surface area contributed by atoms with E-state index >= 15 is 0 Å². The summed E-state index contributed by atoms with van der Waals surface area (Å²) in [6.07, 6.45) is -0.303. The van der Waals surface area contributed by atoms with Gasteiger partial charge >= 0.3 is 12.1 Å². The molecule has 8 heteroatoms. The van der Waals surface area contributed by atoms with Crippen LogP contribution in [0, 0.1) is 23.2 Å². The molecular formula is C21H29N3O5. The molecule has 0 saturated carbocycles. The van der Waals surface area contributed by atoms with Gasteiger partial charge in [0.05, 0.1) is 13.2 Å². The van der Waals surface area contributed by atoms with Crippen molar-refractivity contribution in [2.45, 2.75) is 52.3 Å². The van der Waals surface area contributed by atoms with E-state index in [9.17, 15) is 14.4 Å². The maximum atomic E-state index is 12.8. The van der Waals surface area contributed by atoms with Gasteiger partial charge in [0.2, 0.25) is 5.91 Å². The lowest BCUT2D eigenvalue weighted by molar-refractivity contribution is -0.146. The Morgan fingerprint density at radius 2 is 1.76 bits per heavy atom. The molecule has 0 fully saturated rings. The van der Waals surface area contributed by atoms with Crippen molar-refractivity contribution in [3.63, 3.8) is 0 Å². The zero-order valence-electron chi connectivity index (χ0n) is 17.3. The molecule has 1 aromatic carbocycles. The summed E-state index contributed by atoms with van der Waals surface area (Å²) in [6, 6.07) is 9.28. The largest absolute Gasteiger partial charge is 0.467 e. The van der Waals surface area contributed by atoms with E-state index in [1.54, 1.807) is 6.92 Å². The Morgan fingerprint density at radius 1 is 1.10 bits per heavy atom. The van der Waals surface area contributed by atoms with Gasteiger partial charge in [-0.05, 0) is 17.9 Å². The van der Waals surface area contributed by atoms with Crippen LogP contribution in [0.4, 0.5) is 4.79 Å². The van der Waals surface area contributed by atoms with E-state index in [-0.39, 0.29) is 18.9 Å². The number of benzene rings is 1. The van der Waals surface area contributed by atoms with Crippen molar-refractivity contribution >= 4 is 18.0 Å². The van der Waals surface area contributed by atoms with Crippen LogP contribution in [0.5, 0.6) is 0 Å². The van der Waals surface area contributed by atoms with Crippen LogP contribution in [-0.4, -0.2) is 37.2 Å². The van der Waals surface area contributed by atoms with Crippen molar-refractivity contribution < 1.29 is 23.9 Å². The van der Waals surface area contributed by atoms with Crippen LogP contribution >= 0.6 is 0 Å². The summed E-state index contributed by atoms with van der Waals surface area (Å²) >= 11 is 0. The van der Waals surface area contributed by atoms with E-state index < -0.39 is 36.0 Å². The number of alkyl carbamates (subject to hydrolysis) is 1. The number of nitriles is 1. The van der Waals surface area contributed by atoms with E-state index in [2.05, 4.69) is 10.6 Å². The molecule has 0 heterocycles. The normalized spacial score (nSPS) is 13.5. The van der Waals surface area contributed by atoms with Gasteiger partial charge in [-0.1, -0.05) is 51.1 Å². The third kappa shape index (κ3) is 8.64. The molecular weight excluding hydrogens is 374 g/mol. The van der Waals surface area contributed by atoms with Gasteiger partial charge in [-0.25, -0.2) is 9.59 Å². The average molecular weight is 403 g/mol. The summed E-state index contributed by atoms with van der Waals surface area (Å²) in [4.78, 5) is 37.0. The van der Waals surface area contributed by atoms with Crippen molar-refractivity contribution in [1.82, 2.24) is 10.6 Å². The van der Waals surface area contributed by atoms with Crippen LogP contribution in [0.3, 0.4) is 0 Å². The SMILES string of the molecule is COC(=O)[C@H](NC(=O)[C@H](CC(C)C)NC(=O)OCc1ccccc1)[C@H](C)CC#N. The summed E-state index contributed by atoms with van der Waals surface area (Å²) in [5.74, 6) is -1.51. The lowest BCUT2D eigenvalue weighted by Crippen LogP contribution is -2.54. The maximum absolute atomic E-state index is 12.8. The second-order valence-corrected chi connectivity index (χ2v) is 7.24. The highest BCUT2D eigenvalue weighted by atomic mass is 16.5. The number of methoxy groups -OCH3 is 1. The summed E-state index contributed by atoms with van der Waals surface area (Å²) in [5, 5.41) is 14.0. The van der Waals surface area contributed by atoms with Crippen LogP contribution in [0.1, 0.15) is 39.2 Å². The second-order valence-electron chi connectivity index (χ2n) is 7.24. The molecule has 8 nitrogen and oxygen atoms in total. The minimum atomic E-state index is -0.982. The van der Waals surface area contributed by atoms with Gasteiger partial charge in [-0.15, -0.1) is 0 Å². The van der Waals surface area contributed by atoms with Gasteiger partial charge in [0, 0.05) is 12.3 Å². The molecule has 0 saturated heterocycles. The number of esters is 1. The first-order chi connectivity index (χ1) is 13.8. The van der Waals surface area contributed by atoms with Gasteiger partial charge in [0.15, 0.2) is 0 Å². The molecule has 0 bridgehead atoms. The Kier molecular flexibility index (Phi) is 10.2. The Labute approximate surface area is 171 Å². The molecule has 0 spiro atoms. The van der Waals surface area contributed by atoms with Crippen molar-refractivity contribution in [2.24, 2.45) is 11.8 Å². The Morgan fingerprint density at radius 3 is 2.31 bits per heavy atom. The molecule has 1 aromatic rings. The molecule has 0 unspecified atom stereocenters. The number of hydrogen-bond acceptors (Lipinski definition) is 6. The molecule has 3 atom stereocenters. The first-order valence-electron chi connectivity index (χ1n) is 9.50. The molecule has 2 N–H and O–H groups in total. The molecule has 29 heavy (non-hydrogen) atoms. The van der Waals surface area contributed by atoms with E-state index in [0.29, 0.717) is 6.42 Å². The van der Waals surface area contributed by atoms with Gasteiger partial charge in [-0.2, -0.15) is 5.26 Å². The maximum Gasteiger partial charge on any atom is 0.408 e. The molecule has 1 rings (SSSR count). The zero-order chi connectivity index (χ0) is 21.8. The number of rotatable bonds is 10. The van der Waals surface area contributed by atoms with Crippen LogP contribution in [-0.2, 0) is 25.7 Å². The second kappa shape index (κ2) is 12.4. The van der Waals surface area contributed by atoms with Crippen molar-refractivity contribution in [1.29, 1.82) is 5.26 Å². The fraction of sp³-hybridized carbons (Fsp3) is 0.524. The van der Waals surface area contributed by atoms with Crippen LogP contribution < -0.4 is 10.6 Å². The summed E-state index contributed by atoms with van der Waals surface area (Å²) in [5.41, 5.74) is 0.823. The highest BCUT2D eigenvalue weighted by molar-refractivity contribution is 5.89. The Hall–Kier alpha value is -3.08. The zero-order valence-corrected chi connectivity index (χ0v) is 17.3. The monoisotopic (exact) mass is 403 g/mol. The number of nitrogens with one attached hydrogen (secondary N) is 2. The van der Waals surface area contributed by atoms with E-state index in [4.69, 9.17) is 14.7 Å². The van der Waals surface area contributed by atoms with E-state index in [0.717, 1.165) is 5.56 Å². The molecule has 2 amide bonds. The number of amides is 2. The molecule has 0 aliphatic carbocycles.